The van der Waals surface area contributed by atoms with Gasteiger partial charge in [-0.2, -0.15) is 5.10 Å². The Hall–Kier alpha value is -4.21. The molecule has 0 radical (unpaired) electrons. The van der Waals surface area contributed by atoms with Crippen molar-refractivity contribution in [3.63, 3.8) is 0 Å². The van der Waals surface area contributed by atoms with Crippen LogP contribution in [0.15, 0.2) is 59.4 Å². The number of fused-ring (bicyclic) bond motifs is 1. The molecule has 0 aliphatic heterocycles. The largest absolute Gasteiger partial charge is 0.334 e. The first kappa shape index (κ1) is 22.5. The summed E-state index contributed by atoms with van der Waals surface area (Å²) in [6.45, 7) is 2.23. The zero-order valence-corrected chi connectivity index (χ0v) is 17.6. The van der Waals surface area contributed by atoms with Crippen LogP contribution in [0.5, 0.6) is 0 Å². The highest BCUT2D eigenvalue weighted by Gasteiger charge is 2.17. The molecule has 3 aromatic rings. The van der Waals surface area contributed by atoms with Crippen molar-refractivity contribution in [2.24, 2.45) is 0 Å². The number of carbonyl (C=O) groups is 3. The number of hydrogen-bond donors (Lipinski definition) is 4. The monoisotopic (exact) mass is 436 g/mol. The van der Waals surface area contributed by atoms with E-state index in [0.717, 1.165) is 5.56 Å². The van der Waals surface area contributed by atoms with Gasteiger partial charge in [-0.15, -0.1) is 0 Å². The van der Waals surface area contributed by atoms with Crippen LogP contribution in [0.1, 0.15) is 29.4 Å². The van der Waals surface area contributed by atoms with Crippen LogP contribution in [-0.2, 0) is 17.9 Å². The lowest BCUT2D eigenvalue weighted by atomic mass is 10.1. The number of aryl methyl sites for hydroxylation is 1. The lowest BCUT2D eigenvalue weighted by Crippen LogP contribution is -2.48. The molecule has 10 nitrogen and oxygen atoms in total. The second kappa shape index (κ2) is 10.7. The normalized spacial score (nSPS) is 10.4. The van der Waals surface area contributed by atoms with E-state index in [0.29, 0.717) is 30.3 Å². The summed E-state index contributed by atoms with van der Waals surface area (Å²) in [6.07, 6.45) is 0.668. The molecular weight excluding hydrogens is 412 g/mol. The van der Waals surface area contributed by atoms with E-state index in [9.17, 15) is 19.2 Å². The standard InChI is InChI=1S/C22H24N6O4/c1-2-12-28-21(31)17-11-7-6-10-16(17)19(27-28)20(30)26-25-18(29)14-24-22(32)23-13-15-8-4-3-5-9-15/h3-11H,2,12-14H2,1H3,(H,25,29)(H,26,30)(H2,23,24,32). The van der Waals surface area contributed by atoms with Gasteiger partial charge in [0.15, 0.2) is 5.69 Å². The number of benzene rings is 2. The topological polar surface area (TPSA) is 134 Å². The first-order valence-corrected chi connectivity index (χ1v) is 10.1. The molecule has 0 fully saturated rings. The van der Waals surface area contributed by atoms with Gasteiger partial charge in [0.2, 0.25) is 0 Å². The lowest BCUT2D eigenvalue weighted by Gasteiger charge is -2.12. The molecule has 0 bridgehead atoms. The van der Waals surface area contributed by atoms with Gasteiger partial charge in [-0.1, -0.05) is 55.5 Å². The zero-order valence-electron chi connectivity index (χ0n) is 17.6. The molecule has 2 aromatic carbocycles. The molecule has 0 spiro atoms. The molecule has 0 aliphatic carbocycles. The molecule has 0 aliphatic rings. The summed E-state index contributed by atoms with van der Waals surface area (Å²) in [4.78, 5) is 49.0. The zero-order chi connectivity index (χ0) is 22.9. The smallest absolute Gasteiger partial charge is 0.315 e. The molecule has 0 saturated carbocycles. The van der Waals surface area contributed by atoms with Crippen molar-refractivity contribution in [2.75, 3.05) is 6.54 Å². The van der Waals surface area contributed by atoms with E-state index in [4.69, 9.17) is 0 Å². The Labute approximate surface area is 184 Å². The maximum atomic E-state index is 12.6. The Balaban J connectivity index is 1.55. The third-order valence-electron chi connectivity index (χ3n) is 4.54. The lowest BCUT2D eigenvalue weighted by molar-refractivity contribution is -0.120. The molecule has 0 saturated heterocycles. The van der Waals surface area contributed by atoms with E-state index in [1.807, 2.05) is 37.3 Å². The van der Waals surface area contributed by atoms with Crippen LogP contribution in [0.25, 0.3) is 10.8 Å². The van der Waals surface area contributed by atoms with Gasteiger partial charge < -0.3 is 10.6 Å². The summed E-state index contributed by atoms with van der Waals surface area (Å²) < 4.78 is 1.23. The Morgan fingerprint density at radius 3 is 2.31 bits per heavy atom. The summed E-state index contributed by atoms with van der Waals surface area (Å²) in [6, 6.07) is 15.4. The molecule has 4 amide bonds. The summed E-state index contributed by atoms with van der Waals surface area (Å²) in [5.74, 6) is -1.30. The minimum Gasteiger partial charge on any atom is -0.334 e. The van der Waals surface area contributed by atoms with Crippen molar-refractivity contribution in [1.29, 1.82) is 0 Å². The van der Waals surface area contributed by atoms with Crippen LogP contribution in [0.3, 0.4) is 0 Å². The fourth-order valence-electron chi connectivity index (χ4n) is 3.00. The molecular formula is C22H24N6O4. The number of hydrogen-bond acceptors (Lipinski definition) is 5. The van der Waals surface area contributed by atoms with Gasteiger partial charge in [-0.3, -0.25) is 25.2 Å². The molecule has 166 valence electrons. The van der Waals surface area contributed by atoms with Crippen molar-refractivity contribution in [2.45, 2.75) is 26.4 Å². The van der Waals surface area contributed by atoms with E-state index in [2.05, 4.69) is 26.6 Å². The summed E-state index contributed by atoms with van der Waals surface area (Å²) in [5.41, 5.74) is 5.16. The van der Waals surface area contributed by atoms with E-state index >= 15 is 0 Å². The summed E-state index contributed by atoms with van der Waals surface area (Å²) >= 11 is 0. The fourth-order valence-corrected chi connectivity index (χ4v) is 3.00. The summed E-state index contributed by atoms with van der Waals surface area (Å²) in [5, 5.41) is 9.94. The Kier molecular flexibility index (Phi) is 7.52. The van der Waals surface area contributed by atoms with E-state index in [1.165, 1.54) is 4.68 Å². The quantitative estimate of drug-likeness (QED) is 0.411. The van der Waals surface area contributed by atoms with Crippen LogP contribution in [0.4, 0.5) is 4.79 Å². The second-order valence-corrected chi connectivity index (χ2v) is 6.95. The third kappa shape index (κ3) is 5.69. The first-order valence-electron chi connectivity index (χ1n) is 10.1. The predicted molar refractivity (Wildman–Crippen MR) is 119 cm³/mol. The Morgan fingerprint density at radius 2 is 1.59 bits per heavy atom. The number of carbonyl (C=O) groups excluding carboxylic acids is 3. The van der Waals surface area contributed by atoms with Crippen molar-refractivity contribution < 1.29 is 14.4 Å². The van der Waals surface area contributed by atoms with Gasteiger partial charge in [0.05, 0.1) is 5.39 Å². The van der Waals surface area contributed by atoms with E-state index in [1.54, 1.807) is 24.3 Å². The number of amides is 4. The number of nitrogens with one attached hydrogen (secondary N) is 4. The highest BCUT2D eigenvalue weighted by Crippen LogP contribution is 2.13. The van der Waals surface area contributed by atoms with Crippen molar-refractivity contribution in [1.82, 2.24) is 31.3 Å². The van der Waals surface area contributed by atoms with Crippen LogP contribution in [0.2, 0.25) is 0 Å². The molecule has 32 heavy (non-hydrogen) atoms. The molecule has 4 N–H and O–H groups in total. The van der Waals surface area contributed by atoms with Gasteiger partial charge in [-0.05, 0) is 18.1 Å². The van der Waals surface area contributed by atoms with Crippen LogP contribution in [-0.4, -0.2) is 34.2 Å². The minimum atomic E-state index is -0.673. The fraction of sp³-hybridized carbons (Fsp3) is 0.227. The van der Waals surface area contributed by atoms with E-state index in [-0.39, 0.29) is 17.8 Å². The molecule has 0 atom stereocenters. The number of hydrazine groups is 1. The molecule has 1 aromatic heterocycles. The van der Waals surface area contributed by atoms with Gasteiger partial charge >= 0.3 is 6.03 Å². The summed E-state index contributed by atoms with van der Waals surface area (Å²) in [7, 11) is 0. The number of urea groups is 1. The Bertz CT molecular complexity index is 1180. The van der Waals surface area contributed by atoms with Gasteiger partial charge in [-0.25, -0.2) is 9.48 Å². The van der Waals surface area contributed by atoms with Crippen LogP contribution < -0.4 is 27.0 Å². The SMILES string of the molecule is CCCn1nc(C(=O)NNC(=O)CNC(=O)NCc2ccccc2)c2ccccc2c1=O. The van der Waals surface area contributed by atoms with Crippen LogP contribution >= 0.6 is 0 Å². The minimum absolute atomic E-state index is 0.0162. The number of aromatic nitrogens is 2. The molecule has 3 rings (SSSR count). The van der Waals surface area contributed by atoms with E-state index < -0.39 is 17.8 Å². The molecule has 1 heterocycles. The second-order valence-electron chi connectivity index (χ2n) is 6.95. The average molecular weight is 436 g/mol. The Morgan fingerprint density at radius 1 is 0.906 bits per heavy atom. The highest BCUT2D eigenvalue weighted by atomic mass is 16.2. The highest BCUT2D eigenvalue weighted by molar-refractivity contribution is 6.05. The maximum Gasteiger partial charge on any atom is 0.315 e. The van der Waals surface area contributed by atoms with Crippen molar-refractivity contribution in [3.8, 4) is 0 Å². The molecule has 10 heteroatoms. The van der Waals surface area contributed by atoms with Gasteiger partial charge in [0.25, 0.3) is 17.4 Å². The van der Waals surface area contributed by atoms with Crippen molar-refractivity contribution >= 4 is 28.6 Å². The third-order valence-corrected chi connectivity index (χ3v) is 4.54. The van der Waals surface area contributed by atoms with Crippen LogP contribution in [0, 0.1) is 0 Å². The maximum absolute atomic E-state index is 12.6. The van der Waals surface area contributed by atoms with Crippen molar-refractivity contribution in [3.05, 3.63) is 76.2 Å². The first-order chi connectivity index (χ1) is 15.5. The average Bonchev–Trinajstić information content (AvgIpc) is 2.82. The van der Waals surface area contributed by atoms with Gasteiger partial charge in [0.1, 0.15) is 6.54 Å². The number of nitrogens with zero attached hydrogens (tertiary/aromatic N) is 2. The van der Waals surface area contributed by atoms with Gasteiger partial charge in [0, 0.05) is 18.5 Å². The molecule has 0 unspecified atom stereocenters. The predicted octanol–water partition coefficient (Wildman–Crippen LogP) is 1.07. The number of rotatable bonds is 7.